The minimum atomic E-state index is 0.291. The van der Waals surface area contributed by atoms with E-state index in [1.807, 2.05) is 0 Å². The lowest BCUT2D eigenvalue weighted by Gasteiger charge is -2.08. The first-order valence-electron chi connectivity index (χ1n) is 5.52. The molecule has 0 aliphatic rings. The monoisotopic (exact) mass is 379 g/mol. The third-order valence-electron chi connectivity index (χ3n) is 2.33. The van der Waals surface area contributed by atoms with Crippen molar-refractivity contribution in [1.29, 1.82) is 0 Å². The van der Waals surface area contributed by atoms with Gasteiger partial charge in [-0.1, -0.05) is 18.3 Å². The number of hydrogen-bond acceptors (Lipinski definition) is 5. The average molecular weight is 379 g/mol. The van der Waals surface area contributed by atoms with E-state index in [0.717, 1.165) is 23.0 Å². The Morgan fingerprint density at radius 1 is 1.47 bits per heavy atom. The van der Waals surface area contributed by atoms with E-state index in [-0.39, 0.29) is 0 Å². The zero-order chi connectivity index (χ0) is 12.3. The summed E-state index contributed by atoms with van der Waals surface area (Å²) in [5.41, 5.74) is 1.19. The first-order valence-corrected chi connectivity index (χ1v) is 8.29. The molecule has 0 saturated heterocycles. The third kappa shape index (κ3) is 3.46. The zero-order valence-electron chi connectivity index (χ0n) is 9.74. The van der Waals surface area contributed by atoms with Gasteiger partial charge in [0.2, 0.25) is 0 Å². The van der Waals surface area contributed by atoms with Gasteiger partial charge in [-0.2, -0.15) is 0 Å². The molecular weight excluding hydrogens is 365 g/mol. The molecule has 0 aromatic carbocycles. The van der Waals surface area contributed by atoms with Crippen LogP contribution in [0.5, 0.6) is 0 Å². The lowest BCUT2D eigenvalue weighted by atomic mass is 10.3. The second kappa shape index (κ2) is 6.21. The molecule has 0 fully saturated rings. The van der Waals surface area contributed by atoms with Crippen molar-refractivity contribution < 1.29 is 0 Å². The van der Waals surface area contributed by atoms with Gasteiger partial charge in [-0.05, 0) is 48.5 Å². The fourth-order valence-corrected chi connectivity index (χ4v) is 3.66. The predicted octanol–water partition coefficient (Wildman–Crippen LogP) is 3.93. The maximum absolute atomic E-state index is 4.26. The van der Waals surface area contributed by atoms with E-state index in [1.165, 1.54) is 8.45 Å². The van der Waals surface area contributed by atoms with Crippen LogP contribution in [0.1, 0.15) is 31.3 Å². The summed E-state index contributed by atoms with van der Waals surface area (Å²) in [6.45, 7) is 5.32. The number of nitrogens with zero attached hydrogens (tertiary/aromatic N) is 2. The van der Waals surface area contributed by atoms with Crippen molar-refractivity contribution in [3.63, 3.8) is 0 Å². The molecule has 3 nitrogen and oxygen atoms in total. The first-order chi connectivity index (χ1) is 8.20. The van der Waals surface area contributed by atoms with Gasteiger partial charge in [-0.3, -0.25) is 0 Å². The van der Waals surface area contributed by atoms with Crippen LogP contribution in [0.15, 0.2) is 11.4 Å². The molecule has 6 heteroatoms. The van der Waals surface area contributed by atoms with Crippen LogP contribution >= 0.6 is 45.3 Å². The molecule has 1 atom stereocenters. The molecule has 0 radical (unpaired) electrons. The van der Waals surface area contributed by atoms with E-state index in [1.54, 1.807) is 22.7 Å². The molecule has 0 bridgehead atoms. The molecule has 0 amide bonds. The number of halogens is 1. The summed E-state index contributed by atoms with van der Waals surface area (Å²) < 4.78 is 1.28. The van der Waals surface area contributed by atoms with Crippen LogP contribution in [0, 0.1) is 2.88 Å². The summed E-state index contributed by atoms with van der Waals surface area (Å²) in [7, 11) is 0. The standard InChI is InChI=1S/C11H14IN3S2/c1-3-4-13-7(2)10-14-15-11(17-10)8-5-9(12)16-6-8/h5-7,13H,3-4H2,1-2H3. The highest BCUT2D eigenvalue weighted by molar-refractivity contribution is 14.1. The van der Waals surface area contributed by atoms with Gasteiger partial charge < -0.3 is 5.32 Å². The Balaban J connectivity index is 2.10. The van der Waals surface area contributed by atoms with Gasteiger partial charge in [-0.15, -0.1) is 21.5 Å². The summed E-state index contributed by atoms with van der Waals surface area (Å²) in [5.74, 6) is 0. The van der Waals surface area contributed by atoms with Crippen LogP contribution in [-0.4, -0.2) is 16.7 Å². The SMILES string of the molecule is CCCNC(C)c1nnc(-c2csc(I)c2)s1. The van der Waals surface area contributed by atoms with Crippen molar-refractivity contribution >= 4 is 45.3 Å². The van der Waals surface area contributed by atoms with Gasteiger partial charge in [0, 0.05) is 10.9 Å². The summed E-state index contributed by atoms with van der Waals surface area (Å²) in [4.78, 5) is 0. The van der Waals surface area contributed by atoms with Crippen LogP contribution in [-0.2, 0) is 0 Å². The first kappa shape index (κ1) is 13.4. The van der Waals surface area contributed by atoms with Crippen molar-refractivity contribution in [2.75, 3.05) is 6.54 Å². The highest BCUT2D eigenvalue weighted by atomic mass is 127. The molecule has 17 heavy (non-hydrogen) atoms. The average Bonchev–Trinajstić information content (AvgIpc) is 2.93. The van der Waals surface area contributed by atoms with Crippen LogP contribution < -0.4 is 5.32 Å². The summed E-state index contributed by atoms with van der Waals surface area (Å²) >= 11 is 5.75. The molecule has 2 aromatic heterocycles. The number of rotatable bonds is 5. The maximum Gasteiger partial charge on any atom is 0.148 e. The fourth-order valence-electron chi connectivity index (χ4n) is 1.40. The second-order valence-electron chi connectivity index (χ2n) is 3.76. The highest BCUT2D eigenvalue weighted by Crippen LogP contribution is 2.30. The Morgan fingerprint density at radius 2 is 2.29 bits per heavy atom. The molecule has 2 aromatic rings. The quantitative estimate of drug-likeness (QED) is 0.800. The van der Waals surface area contributed by atoms with Crippen LogP contribution in [0.2, 0.25) is 0 Å². The third-order valence-corrected chi connectivity index (χ3v) is 5.27. The number of aromatic nitrogens is 2. The van der Waals surface area contributed by atoms with E-state index in [2.05, 4.69) is 63.4 Å². The minimum absolute atomic E-state index is 0.291. The van der Waals surface area contributed by atoms with E-state index in [9.17, 15) is 0 Å². The Labute approximate surface area is 123 Å². The fraction of sp³-hybridized carbons (Fsp3) is 0.455. The Kier molecular flexibility index (Phi) is 4.89. The maximum atomic E-state index is 4.26. The number of thiophene rings is 1. The van der Waals surface area contributed by atoms with Gasteiger partial charge in [-0.25, -0.2) is 0 Å². The molecule has 2 heterocycles. The summed E-state index contributed by atoms with van der Waals surface area (Å²) in [6, 6.07) is 2.44. The van der Waals surface area contributed by atoms with Crippen molar-refractivity contribution in [2.45, 2.75) is 26.3 Å². The second-order valence-corrected chi connectivity index (χ2v) is 7.58. The van der Waals surface area contributed by atoms with E-state index in [4.69, 9.17) is 0 Å². The molecule has 0 spiro atoms. The topological polar surface area (TPSA) is 37.8 Å². The van der Waals surface area contributed by atoms with Crippen LogP contribution in [0.3, 0.4) is 0 Å². The van der Waals surface area contributed by atoms with Crippen LogP contribution in [0.4, 0.5) is 0 Å². The zero-order valence-corrected chi connectivity index (χ0v) is 13.5. The molecule has 0 aliphatic heterocycles. The molecular formula is C11H14IN3S2. The lowest BCUT2D eigenvalue weighted by Crippen LogP contribution is -2.18. The molecule has 0 saturated carbocycles. The molecule has 0 aliphatic carbocycles. The number of hydrogen-bond donors (Lipinski definition) is 1. The van der Waals surface area contributed by atoms with Crippen LogP contribution in [0.25, 0.3) is 10.6 Å². The van der Waals surface area contributed by atoms with E-state index >= 15 is 0 Å². The Hall–Kier alpha value is -0.0500. The normalized spacial score (nSPS) is 12.9. The van der Waals surface area contributed by atoms with Gasteiger partial charge >= 0.3 is 0 Å². The number of nitrogens with one attached hydrogen (secondary N) is 1. The highest BCUT2D eigenvalue weighted by Gasteiger charge is 2.13. The smallest absolute Gasteiger partial charge is 0.148 e. The van der Waals surface area contributed by atoms with Crippen molar-refractivity contribution in [3.8, 4) is 10.6 Å². The van der Waals surface area contributed by atoms with Gasteiger partial charge in [0.15, 0.2) is 0 Å². The minimum Gasteiger partial charge on any atom is -0.308 e. The lowest BCUT2D eigenvalue weighted by molar-refractivity contribution is 0.564. The molecule has 92 valence electrons. The van der Waals surface area contributed by atoms with E-state index in [0.29, 0.717) is 6.04 Å². The largest absolute Gasteiger partial charge is 0.308 e. The molecule has 1 N–H and O–H groups in total. The Morgan fingerprint density at radius 3 is 2.94 bits per heavy atom. The Bertz CT molecular complexity index is 481. The van der Waals surface area contributed by atoms with E-state index < -0.39 is 0 Å². The molecule has 1 unspecified atom stereocenters. The predicted molar refractivity (Wildman–Crippen MR) is 82.6 cm³/mol. The van der Waals surface area contributed by atoms with Gasteiger partial charge in [0.25, 0.3) is 0 Å². The van der Waals surface area contributed by atoms with Crippen molar-refractivity contribution in [1.82, 2.24) is 15.5 Å². The van der Waals surface area contributed by atoms with Gasteiger partial charge in [0.05, 0.1) is 8.93 Å². The van der Waals surface area contributed by atoms with Gasteiger partial charge in [0.1, 0.15) is 10.0 Å². The van der Waals surface area contributed by atoms with Crippen molar-refractivity contribution in [3.05, 3.63) is 19.3 Å². The summed E-state index contributed by atoms with van der Waals surface area (Å²) in [5, 5.41) is 16.2. The van der Waals surface area contributed by atoms with Crippen molar-refractivity contribution in [2.24, 2.45) is 0 Å². The summed E-state index contributed by atoms with van der Waals surface area (Å²) in [6.07, 6.45) is 1.14. The molecule has 2 rings (SSSR count).